The highest BCUT2D eigenvalue weighted by Gasteiger charge is 2.10. The van der Waals surface area contributed by atoms with E-state index in [9.17, 15) is 10.1 Å². The van der Waals surface area contributed by atoms with Crippen LogP contribution in [0.25, 0.3) is 0 Å². The van der Waals surface area contributed by atoms with Gasteiger partial charge in [0.2, 0.25) is 0 Å². The predicted octanol–water partition coefficient (Wildman–Crippen LogP) is 2.19. The van der Waals surface area contributed by atoms with Crippen LogP contribution in [0.3, 0.4) is 0 Å². The van der Waals surface area contributed by atoms with Crippen LogP contribution in [0.1, 0.15) is 11.3 Å². The van der Waals surface area contributed by atoms with Crippen molar-refractivity contribution in [3.05, 3.63) is 51.8 Å². The summed E-state index contributed by atoms with van der Waals surface area (Å²) in [5.41, 5.74) is 2.72. The van der Waals surface area contributed by atoms with Crippen molar-refractivity contribution in [3.8, 4) is 0 Å². The number of benzene rings is 1. The van der Waals surface area contributed by atoms with Gasteiger partial charge in [-0.1, -0.05) is 0 Å². The molecule has 0 unspecified atom stereocenters. The van der Waals surface area contributed by atoms with Gasteiger partial charge in [-0.3, -0.25) is 14.8 Å². The predicted molar refractivity (Wildman–Crippen MR) is 68.7 cm³/mol. The third-order valence-corrected chi connectivity index (χ3v) is 2.68. The molecule has 94 valence electrons. The second-order valence-electron chi connectivity index (χ2n) is 4.00. The SMILES string of the molecule is CNc1ccc([N+](=O)[O-])cc1Cn1ccc(C)n1. The highest BCUT2D eigenvalue weighted by atomic mass is 16.6. The van der Waals surface area contributed by atoms with Crippen molar-refractivity contribution in [1.29, 1.82) is 0 Å². The number of nitrogens with zero attached hydrogens (tertiary/aromatic N) is 3. The monoisotopic (exact) mass is 246 g/mol. The van der Waals surface area contributed by atoms with E-state index in [1.807, 2.05) is 19.2 Å². The van der Waals surface area contributed by atoms with Gasteiger partial charge in [-0.25, -0.2) is 0 Å². The number of nitro groups is 1. The Kier molecular flexibility index (Phi) is 3.27. The van der Waals surface area contributed by atoms with Gasteiger partial charge in [0.1, 0.15) is 0 Å². The maximum Gasteiger partial charge on any atom is 0.269 e. The average Bonchev–Trinajstić information content (AvgIpc) is 2.74. The zero-order valence-electron chi connectivity index (χ0n) is 10.3. The van der Waals surface area contributed by atoms with Gasteiger partial charge in [-0.05, 0) is 19.1 Å². The first kappa shape index (κ1) is 12.1. The normalized spacial score (nSPS) is 10.3. The zero-order valence-corrected chi connectivity index (χ0v) is 10.3. The maximum absolute atomic E-state index is 10.8. The fourth-order valence-corrected chi connectivity index (χ4v) is 1.79. The molecule has 0 spiro atoms. The molecule has 1 aromatic carbocycles. The Morgan fingerprint density at radius 1 is 1.44 bits per heavy atom. The summed E-state index contributed by atoms with van der Waals surface area (Å²) in [4.78, 5) is 10.4. The standard InChI is InChI=1S/C12H14N4O2/c1-9-5-6-15(14-9)8-10-7-11(16(17)18)3-4-12(10)13-2/h3-7,13H,8H2,1-2H3. The molecule has 0 fully saturated rings. The first-order valence-electron chi connectivity index (χ1n) is 5.55. The molecule has 1 aromatic heterocycles. The molecule has 0 aliphatic carbocycles. The third kappa shape index (κ3) is 2.48. The van der Waals surface area contributed by atoms with Gasteiger partial charge in [-0.2, -0.15) is 5.10 Å². The van der Waals surface area contributed by atoms with E-state index in [1.165, 1.54) is 6.07 Å². The van der Waals surface area contributed by atoms with Crippen molar-refractivity contribution in [2.24, 2.45) is 0 Å². The van der Waals surface area contributed by atoms with Crippen molar-refractivity contribution in [3.63, 3.8) is 0 Å². The van der Waals surface area contributed by atoms with Gasteiger partial charge in [0.05, 0.1) is 17.2 Å². The lowest BCUT2D eigenvalue weighted by Crippen LogP contribution is -2.04. The highest BCUT2D eigenvalue weighted by molar-refractivity contribution is 5.55. The molecule has 0 aliphatic heterocycles. The number of aryl methyl sites for hydroxylation is 1. The molecule has 2 aromatic rings. The minimum Gasteiger partial charge on any atom is -0.388 e. The Labute approximate surface area is 104 Å². The summed E-state index contributed by atoms with van der Waals surface area (Å²) in [7, 11) is 1.79. The number of rotatable bonds is 4. The molecule has 1 heterocycles. The Hall–Kier alpha value is -2.37. The van der Waals surface area contributed by atoms with E-state index in [2.05, 4.69) is 10.4 Å². The summed E-state index contributed by atoms with van der Waals surface area (Å²) in [6, 6.07) is 6.67. The molecule has 2 rings (SSSR count). The summed E-state index contributed by atoms with van der Waals surface area (Å²) in [6.07, 6.45) is 1.85. The smallest absolute Gasteiger partial charge is 0.269 e. The van der Waals surface area contributed by atoms with E-state index in [1.54, 1.807) is 23.9 Å². The van der Waals surface area contributed by atoms with Crippen LogP contribution in [-0.2, 0) is 6.54 Å². The van der Waals surface area contributed by atoms with E-state index in [0.717, 1.165) is 16.9 Å². The first-order chi connectivity index (χ1) is 8.60. The lowest BCUT2D eigenvalue weighted by Gasteiger charge is -2.09. The Morgan fingerprint density at radius 3 is 2.78 bits per heavy atom. The van der Waals surface area contributed by atoms with Crippen LogP contribution in [0.15, 0.2) is 30.5 Å². The highest BCUT2D eigenvalue weighted by Crippen LogP contribution is 2.22. The summed E-state index contributed by atoms with van der Waals surface area (Å²) < 4.78 is 1.76. The molecule has 0 aliphatic rings. The quantitative estimate of drug-likeness (QED) is 0.663. The average molecular weight is 246 g/mol. The van der Waals surface area contributed by atoms with E-state index in [-0.39, 0.29) is 5.69 Å². The number of anilines is 1. The Bertz CT molecular complexity index is 577. The minimum absolute atomic E-state index is 0.0906. The molecule has 1 N–H and O–H groups in total. The molecule has 6 heteroatoms. The number of non-ortho nitro benzene ring substituents is 1. The number of hydrogen-bond acceptors (Lipinski definition) is 4. The third-order valence-electron chi connectivity index (χ3n) is 2.68. The number of hydrogen-bond donors (Lipinski definition) is 1. The second-order valence-corrected chi connectivity index (χ2v) is 4.00. The van der Waals surface area contributed by atoms with Crippen molar-refractivity contribution < 1.29 is 4.92 Å². The van der Waals surface area contributed by atoms with Crippen LogP contribution in [0.2, 0.25) is 0 Å². The molecular weight excluding hydrogens is 232 g/mol. The van der Waals surface area contributed by atoms with Crippen LogP contribution in [0.5, 0.6) is 0 Å². The summed E-state index contributed by atoms with van der Waals surface area (Å²) in [5, 5.41) is 18.1. The van der Waals surface area contributed by atoms with Crippen LogP contribution in [0.4, 0.5) is 11.4 Å². The van der Waals surface area contributed by atoms with Gasteiger partial charge < -0.3 is 5.32 Å². The molecule has 0 bridgehead atoms. The van der Waals surface area contributed by atoms with E-state index in [4.69, 9.17) is 0 Å². The van der Waals surface area contributed by atoms with Gasteiger partial charge in [0.25, 0.3) is 5.69 Å². The zero-order chi connectivity index (χ0) is 13.1. The second kappa shape index (κ2) is 4.87. The number of aromatic nitrogens is 2. The van der Waals surface area contributed by atoms with E-state index in [0.29, 0.717) is 6.54 Å². The molecule has 18 heavy (non-hydrogen) atoms. The topological polar surface area (TPSA) is 73.0 Å². The Morgan fingerprint density at radius 2 is 2.22 bits per heavy atom. The summed E-state index contributed by atoms with van der Waals surface area (Å²) >= 11 is 0. The minimum atomic E-state index is -0.392. The van der Waals surface area contributed by atoms with Gasteiger partial charge in [0.15, 0.2) is 0 Å². The van der Waals surface area contributed by atoms with Crippen LogP contribution >= 0.6 is 0 Å². The largest absolute Gasteiger partial charge is 0.388 e. The van der Waals surface area contributed by atoms with Gasteiger partial charge >= 0.3 is 0 Å². The fraction of sp³-hybridized carbons (Fsp3) is 0.250. The lowest BCUT2D eigenvalue weighted by molar-refractivity contribution is -0.384. The molecule has 6 nitrogen and oxygen atoms in total. The fourth-order valence-electron chi connectivity index (χ4n) is 1.79. The van der Waals surface area contributed by atoms with Gasteiger partial charge in [-0.15, -0.1) is 0 Å². The van der Waals surface area contributed by atoms with E-state index >= 15 is 0 Å². The molecule has 0 saturated heterocycles. The van der Waals surface area contributed by atoms with E-state index < -0.39 is 4.92 Å². The summed E-state index contributed by atoms with van der Waals surface area (Å²) in [5.74, 6) is 0. The van der Waals surface area contributed by atoms with Crippen LogP contribution in [-0.4, -0.2) is 21.8 Å². The molecule has 0 saturated carbocycles. The van der Waals surface area contributed by atoms with Crippen molar-refractivity contribution in [1.82, 2.24) is 9.78 Å². The number of nitro benzene ring substituents is 1. The lowest BCUT2D eigenvalue weighted by atomic mass is 10.1. The Balaban J connectivity index is 2.35. The van der Waals surface area contributed by atoms with Crippen molar-refractivity contribution >= 4 is 11.4 Å². The van der Waals surface area contributed by atoms with Crippen LogP contribution in [0, 0.1) is 17.0 Å². The van der Waals surface area contributed by atoms with Gasteiger partial charge in [0, 0.05) is 36.6 Å². The molecule has 0 radical (unpaired) electrons. The molecule has 0 amide bonds. The first-order valence-corrected chi connectivity index (χ1v) is 5.55. The molecule has 0 atom stereocenters. The van der Waals surface area contributed by atoms with Crippen molar-refractivity contribution in [2.75, 3.05) is 12.4 Å². The molecular formula is C12H14N4O2. The number of nitrogens with one attached hydrogen (secondary N) is 1. The summed E-state index contributed by atoms with van der Waals surface area (Å²) in [6.45, 7) is 2.41. The maximum atomic E-state index is 10.8. The van der Waals surface area contributed by atoms with Crippen molar-refractivity contribution in [2.45, 2.75) is 13.5 Å². The van der Waals surface area contributed by atoms with Crippen LogP contribution < -0.4 is 5.32 Å².